The van der Waals surface area contributed by atoms with E-state index in [1.165, 1.54) is 0 Å². The molecule has 1 heterocycles. The molecular formula is C8H13Cl2NO2. The van der Waals surface area contributed by atoms with Crippen LogP contribution >= 0.6 is 23.2 Å². The first-order valence-electron chi connectivity index (χ1n) is 4.20. The Labute approximate surface area is 87.9 Å². The molecule has 0 bridgehead atoms. The van der Waals surface area contributed by atoms with E-state index in [0.29, 0.717) is 26.3 Å². The summed E-state index contributed by atoms with van der Waals surface area (Å²) < 4.78 is 5.13. The van der Waals surface area contributed by atoms with Gasteiger partial charge in [-0.3, -0.25) is 4.79 Å². The summed E-state index contributed by atoms with van der Waals surface area (Å²) >= 11 is 11.5. The smallest absolute Gasteiger partial charge is 0.244 e. The van der Waals surface area contributed by atoms with Crippen LogP contribution in [-0.4, -0.2) is 47.9 Å². The summed E-state index contributed by atoms with van der Waals surface area (Å²) in [6.07, 6.45) is 0. The minimum absolute atomic E-state index is 0.104. The van der Waals surface area contributed by atoms with E-state index < -0.39 is 4.87 Å². The lowest BCUT2D eigenvalue weighted by atomic mass is 10.1. The molecule has 0 aromatic rings. The molecule has 13 heavy (non-hydrogen) atoms. The first kappa shape index (κ1) is 11.1. The number of rotatable bonds is 2. The SMILES string of the molecule is C[C@](Cl)(CCl)C(=O)N1CCOCC1. The lowest BCUT2D eigenvalue weighted by Crippen LogP contribution is -2.49. The van der Waals surface area contributed by atoms with Crippen molar-refractivity contribution in [2.75, 3.05) is 32.2 Å². The second kappa shape index (κ2) is 4.49. The zero-order valence-electron chi connectivity index (χ0n) is 7.56. The van der Waals surface area contributed by atoms with Crippen LogP contribution in [0.2, 0.25) is 0 Å². The maximum absolute atomic E-state index is 11.7. The molecule has 0 unspecified atom stereocenters. The van der Waals surface area contributed by atoms with Gasteiger partial charge in [-0.15, -0.1) is 23.2 Å². The van der Waals surface area contributed by atoms with E-state index in [2.05, 4.69) is 0 Å². The van der Waals surface area contributed by atoms with E-state index in [4.69, 9.17) is 27.9 Å². The predicted octanol–water partition coefficient (Wildman–Crippen LogP) is 1.08. The van der Waals surface area contributed by atoms with E-state index in [-0.39, 0.29) is 11.8 Å². The van der Waals surface area contributed by atoms with Gasteiger partial charge in [0, 0.05) is 13.1 Å². The highest BCUT2D eigenvalue weighted by Crippen LogP contribution is 2.20. The van der Waals surface area contributed by atoms with Crippen molar-refractivity contribution in [3.05, 3.63) is 0 Å². The zero-order chi connectivity index (χ0) is 9.90. The molecule has 1 fully saturated rings. The molecule has 0 aliphatic carbocycles. The van der Waals surface area contributed by atoms with Gasteiger partial charge in [0.1, 0.15) is 4.87 Å². The van der Waals surface area contributed by atoms with Crippen molar-refractivity contribution < 1.29 is 9.53 Å². The summed E-state index contributed by atoms with van der Waals surface area (Å²) in [5.74, 6) is 0.0255. The number of nitrogens with zero attached hydrogens (tertiary/aromatic N) is 1. The molecule has 3 nitrogen and oxygen atoms in total. The maximum Gasteiger partial charge on any atom is 0.244 e. The topological polar surface area (TPSA) is 29.5 Å². The molecule has 1 saturated heterocycles. The minimum atomic E-state index is -0.973. The molecule has 0 aromatic heterocycles. The standard InChI is InChI=1S/C8H13Cl2NO2/c1-8(10,6-9)7(12)11-2-4-13-5-3-11/h2-6H2,1H3/t8-/m0/s1. The summed E-state index contributed by atoms with van der Waals surface area (Å²) in [5, 5.41) is 0. The Bertz CT molecular complexity index is 191. The van der Waals surface area contributed by atoms with Gasteiger partial charge < -0.3 is 9.64 Å². The van der Waals surface area contributed by atoms with Crippen molar-refractivity contribution in [1.29, 1.82) is 0 Å². The van der Waals surface area contributed by atoms with Gasteiger partial charge in [-0.1, -0.05) is 0 Å². The van der Waals surface area contributed by atoms with Gasteiger partial charge in [-0.2, -0.15) is 0 Å². The number of hydrogen-bond acceptors (Lipinski definition) is 2. The average molecular weight is 226 g/mol. The van der Waals surface area contributed by atoms with Crippen LogP contribution in [0.1, 0.15) is 6.92 Å². The van der Waals surface area contributed by atoms with Gasteiger partial charge in [0.15, 0.2) is 0 Å². The third-order valence-corrected chi connectivity index (χ3v) is 2.96. The molecule has 1 aliphatic heterocycles. The molecular weight excluding hydrogens is 213 g/mol. The fourth-order valence-corrected chi connectivity index (χ4v) is 1.39. The molecule has 0 spiro atoms. The van der Waals surface area contributed by atoms with Gasteiger partial charge in [-0.25, -0.2) is 0 Å². The second-order valence-corrected chi connectivity index (χ2v) is 4.34. The lowest BCUT2D eigenvalue weighted by Gasteiger charge is -2.31. The molecule has 5 heteroatoms. The Morgan fingerprint density at radius 2 is 2.08 bits per heavy atom. The highest BCUT2D eigenvalue weighted by Gasteiger charge is 2.34. The summed E-state index contributed by atoms with van der Waals surface area (Å²) in [7, 11) is 0. The monoisotopic (exact) mass is 225 g/mol. The Kier molecular flexibility index (Phi) is 3.83. The van der Waals surface area contributed by atoms with E-state index in [0.717, 1.165) is 0 Å². The van der Waals surface area contributed by atoms with Gasteiger partial charge in [0.05, 0.1) is 19.1 Å². The molecule has 0 saturated carbocycles. The Hall–Kier alpha value is 0.01000. The molecule has 0 N–H and O–H groups in total. The lowest BCUT2D eigenvalue weighted by molar-refractivity contribution is -0.137. The van der Waals surface area contributed by atoms with Crippen molar-refractivity contribution in [3.63, 3.8) is 0 Å². The number of carbonyl (C=O) groups is 1. The van der Waals surface area contributed by atoms with Crippen LogP contribution in [0, 0.1) is 0 Å². The number of alkyl halides is 2. The van der Waals surface area contributed by atoms with Crippen LogP contribution in [0.15, 0.2) is 0 Å². The van der Waals surface area contributed by atoms with Gasteiger partial charge >= 0.3 is 0 Å². The largest absolute Gasteiger partial charge is 0.378 e. The summed E-state index contributed by atoms with van der Waals surface area (Å²) in [6.45, 7) is 4.03. The van der Waals surface area contributed by atoms with Crippen LogP contribution in [-0.2, 0) is 9.53 Å². The maximum atomic E-state index is 11.7. The number of hydrogen-bond donors (Lipinski definition) is 0. The third kappa shape index (κ3) is 2.73. The highest BCUT2D eigenvalue weighted by atomic mass is 35.5. The average Bonchev–Trinajstić information content (AvgIpc) is 2.18. The second-order valence-electron chi connectivity index (χ2n) is 3.24. The number of carbonyl (C=O) groups excluding carboxylic acids is 1. The highest BCUT2D eigenvalue weighted by molar-refractivity contribution is 6.39. The first-order chi connectivity index (χ1) is 6.08. The van der Waals surface area contributed by atoms with Crippen LogP contribution in [0.4, 0.5) is 0 Å². The zero-order valence-corrected chi connectivity index (χ0v) is 9.07. The van der Waals surface area contributed by atoms with Crippen LogP contribution in [0.25, 0.3) is 0 Å². The van der Waals surface area contributed by atoms with E-state index in [1.54, 1.807) is 11.8 Å². The molecule has 76 valence electrons. The van der Waals surface area contributed by atoms with Gasteiger partial charge in [0.2, 0.25) is 5.91 Å². The van der Waals surface area contributed by atoms with Crippen LogP contribution < -0.4 is 0 Å². The van der Waals surface area contributed by atoms with E-state index >= 15 is 0 Å². The Morgan fingerprint density at radius 1 is 1.54 bits per heavy atom. The number of amides is 1. The minimum Gasteiger partial charge on any atom is -0.378 e. The fraction of sp³-hybridized carbons (Fsp3) is 0.875. The Balaban J connectivity index is 2.55. The molecule has 1 aliphatic rings. The van der Waals surface area contributed by atoms with Crippen molar-refractivity contribution >= 4 is 29.1 Å². The van der Waals surface area contributed by atoms with Crippen LogP contribution in [0.3, 0.4) is 0 Å². The van der Waals surface area contributed by atoms with E-state index in [9.17, 15) is 4.79 Å². The number of ether oxygens (including phenoxy) is 1. The van der Waals surface area contributed by atoms with E-state index in [1.807, 2.05) is 0 Å². The van der Waals surface area contributed by atoms with Crippen molar-refractivity contribution in [2.45, 2.75) is 11.8 Å². The summed E-state index contributed by atoms with van der Waals surface area (Å²) in [6, 6.07) is 0. The fourth-order valence-electron chi connectivity index (χ4n) is 1.15. The Morgan fingerprint density at radius 3 is 2.54 bits per heavy atom. The molecule has 1 atom stereocenters. The molecule has 1 amide bonds. The normalized spacial score (nSPS) is 22.5. The predicted molar refractivity (Wildman–Crippen MR) is 52.4 cm³/mol. The van der Waals surface area contributed by atoms with Crippen molar-refractivity contribution in [3.8, 4) is 0 Å². The van der Waals surface area contributed by atoms with Gasteiger partial charge in [0.25, 0.3) is 0 Å². The molecule has 1 rings (SSSR count). The van der Waals surface area contributed by atoms with Crippen molar-refractivity contribution in [1.82, 2.24) is 4.90 Å². The summed E-state index contributed by atoms with van der Waals surface area (Å²) in [4.78, 5) is 12.4. The first-order valence-corrected chi connectivity index (χ1v) is 5.11. The number of halogens is 2. The third-order valence-electron chi connectivity index (χ3n) is 2.00. The molecule has 0 aromatic carbocycles. The van der Waals surface area contributed by atoms with Crippen molar-refractivity contribution in [2.24, 2.45) is 0 Å². The number of morpholine rings is 1. The summed E-state index contributed by atoms with van der Waals surface area (Å²) in [5.41, 5.74) is 0. The van der Waals surface area contributed by atoms with Crippen LogP contribution in [0.5, 0.6) is 0 Å². The molecule has 0 radical (unpaired) electrons. The quantitative estimate of drug-likeness (QED) is 0.659. The van der Waals surface area contributed by atoms with Gasteiger partial charge in [-0.05, 0) is 6.92 Å².